The van der Waals surface area contributed by atoms with Gasteiger partial charge in [0.25, 0.3) is 11.8 Å². The summed E-state index contributed by atoms with van der Waals surface area (Å²) < 4.78 is 0. The molecule has 1 unspecified atom stereocenters. The maximum atomic E-state index is 12.7. The minimum atomic E-state index is -1.56. The van der Waals surface area contributed by atoms with Gasteiger partial charge >= 0.3 is 0 Å². The quantitative estimate of drug-likeness (QED) is 0.623. The summed E-state index contributed by atoms with van der Waals surface area (Å²) in [6, 6.07) is 12.7. The summed E-state index contributed by atoms with van der Waals surface area (Å²) >= 11 is 5.83. The predicted octanol–water partition coefficient (Wildman–Crippen LogP) is 1.97. The van der Waals surface area contributed by atoms with Gasteiger partial charge in [-0.1, -0.05) is 29.8 Å². The third-order valence-corrected chi connectivity index (χ3v) is 4.44. The average Bonchev–Trinajstić information content (AvgIpc) is 2.66. The highest BCUT2D eigenvalue weighted by Gasteiger charge is 2.43. The van der Waals surface area contributed by atoms with E-state index in [4.69, 9.17) is 11.6 Å². The van der Waals surface area contributed by atoms with Gasteiger partial charge in [-0.15, -0.1) is 0 Å². The van der Waals surface area contributed by atoms with Crippen LogP contribution in [-0.4, -0.2) is 30.0 Å². The number of Topliss-reactive ketones (excluding diaryl/α,β-unsaturated/α-hetero) is 1. The molecule has 0 spiro atoms. The lowest BCUT2D eigenvalue weighted by Crippen LogP contribution is -2.54. The van der Waals surface area contributed by atoms with Crippen LogP contribution < -0.4 is 15.8 Å². The van der Waals surface area contributed by atoms with Crippen molar-refractivity contribution in [1.82, 2.24) is 10.9 Å². The van der Waals surface area contributed by atoms with Gasteiger partial charge < -0.3 is 4.90 Å². The first-order valence-electron chi connectivity index (χ1n) is 8.24. The fourth-order valence-corrected chi connectivity index (χ4v) is 3.10. The van der Waals surface area contributed by atoms with Crippen molar-refractivity contribution in [2.75, 3.05) is 11.4 Å². The SMILES string of the molecule is CCN1C(=O)C(C(=O)NNC(=O)c2cccc(Cl)c2)C(=O)c2ccccc21. The Morgan fingerprint density at radius 2 is 1.81 bits per heavy atom. The van der Waals surface area contributed by atoms with Crippen LogP contribution in [0.25, 0.3) is 0 Å². The van der Waals surface area contributed by atoms with Gasteiger partial charge in [0.15, 0.2) is 11.7 Å². The number of benzene rings is 2. The van der Waals surface area contributed by atoms with Crippen LogP contribution in [0.1, 0.15) is 27.6 Å². The first-order chi connectivity index (χ1) is 12.9. The summed E-state index contributed by atoms with van der Waals surface area (Å²) in [6.45, 7) is 2.06. The Morgan fingerprint density at radius 1 is 1.07 bits per heavy atom. The molecule has 2 N–H and O–H groups in total. The molecule has 3 rings (SSSR count). The largest absolute Gasteiger partial charge is 0.311 e. The number of rotatable bonds is 3. The number of nitrogens with zero attached hydrogens (tertiary/aromatic N) is 1. The molecule has 8 heteroatoms. The third-order valence-electron chi connectivity index (χ3n) is 4.20. The zero-order valence-corrected chi connectivity index (χ0v) is 15.1. The molecule has 1 aliphatic heterocycles. The number of fused-ring (bicyclic) bond motifs is 1. The molecule has 0 radical (unpaired) electrons. The Kier molecular flexibility index (Phi) is 5.23. The summed E-state index contributed by atoms with van der Waals surface area (Å²) in [6.07, 6.45) is 0. The summed E-state index contributed by atoms with van der Waals surface area (Å²) in [5.41, 5.74) is 5.35. The highest BCUT2D eigenvalue weighted by Crippen LogP contribution is 2.30. The number of hydrogen-bond acceptors (Lipinski definition) is 4. The maximum absolute atomic E-state index is 12.7. The topological polar surface area (TPSA) is 95.6 Å². The maximum Gasteiger partial charge on any atom is 0.269 e. The zero-order valence-electron chi connectivity index (χ0n) is 14.4. The Labute approximate surface area is 160 Å². The molecule has 0 saturated carbocycles. The lowest BCUT2D eigenvalue weighted by Gasteiger charge is -2.31. The Morgan fingerprint density at radius 3 is 2.52 bits per heavy atom. The van der Waals surface area contributed by atoms with E-state index in [0.29, 0.717) is 22.8 Å². The summed E-state index contributed by atoms with van der Waals surface area (Å²) in [4.78, 5) is 51.2. The van der Waals surface area contributed by atoms with E-state index >= 15 is 0 Å². The molecule has 2 aromatic carbocycles. The van der Waals surface area contributed by atoms with E-state index < -0.39 is 29.4 Å². The molecule has 138 valence electrons. The predicted molar refractivity (Wildman–Crippen MR) is 99.4 cm³/mol. The monoisotopic (exact) mass is 385 g/mol. The molecule has 0 aliphatic carbocycles. The molecule has 0 saturated heterocycles. The fourth-order valence-electron chi connectivity index (χ4n) is 2.91. The van der Waals surface area contributed by atoms with Crippen LogP contribution in [-0.2, 0) is 9.59 Å². The lowest BCUT2D eigenvalue weighted by molar-refractivity contribution is -0.132. The molecular formula is C19H16ClN3O4. The first-order valence-corrected chi connectivity index (χ1v) is 8.62. The Bertz CT molecular complexity index is 944. The van der Waals surface area contributed by atoms with E-state index in [0.717, 1.165) is 0 Å². The van der Waals surface area contributed by atoms with Crippen molar-refractivity contribution < 1.29 is 19.2 Å². The number of ketones is 1. The van der Waals surface area contributed by atoms with Gasteiger partial charge in [-0.3, -0.25) is 30.0 Å². The van der Waals surface area contributed by atoms with Crippen LogP contribution in [0, 0.1) is 5.92 Å². The molecule has 0 aromatic heterocycles. The fraction of sp³-hybridized carbons (Fsp3) is 0.158. The summed E-state index contributed by atoms with van der Waals surface area (Å²) in [5.74, 6) is -4.30. The second-order valence-electron chi connectivity index (χ2n) is 5.85. The smallest absolute Gasteiger partial charge is 0.269 e. The van der Waals surface area contributed by atoms with E-state index in [1.54, 1.807) is 43.3 Å². The number of nitrogens with one attached hydrogen (secondary N) is 2. The highest BCUT2D eigenvalue weighted by atomic mass is 35.5. The van der Waals surface area contributed by atoms with Gasteiger partial charge in [0.2, 0.25) is 5.91 Å². The number of carbonyl (C=O) groups is 4. The van der Waals surface area contributed by atoms with Gasteiger partial charge in [-0.05, 0) is 37.3 Å². The molecule has 1 heterocycles. The van der Waals surface area contributed by atoms with Crippen molar-refractivity contribution in [3.05, 3.63) is 64.7 Å². The van der Waals surface area contributed by atoms with Crippen molar-refractivity contribution in [2.45, 2.75) is 6.92 Å². The Hall–Kier alpha value is -3.19. The first kappa shape index (κ1) is 18.6. The number of anilines is 1. The summed E-state index contributed by atoms with van der Waals surface area (Å²) in [7, 11) is 0. The highest BCUT2D eigenvalue weighted by molar-refractivity contribution is 6.31. The second-order valence-corrected chi connectivity index (χ2v) is 6.29. The number of amides is 3. The molecule has 3 amide bonds. The molecule has 0 bridgehead atoms. The Balaban J connectivity index is 1.77. The van der Waals surface area contributed by atoms with Crippen LogP contribution in [0.15, 0.2) is 48.5 Å². The van der Waals surface area contributed by atoms with Crippen LogP contribution >= 0.6 is 11.6 Å². The van der Waals surface area contributed by atoms with E-state index in [1.807, 2.05) is 0 Å². The molecule has 7 nitrogen and oxygen atoms in total. The van der Waals surface area contributed by atoms with Crippen molar-refractivity contribution in [1.29, 1.82) is 0 Å². The number of hydrazine groups is 1. The van der Waals surface area contributed by atoms with Gasteiger partial charge in [-0.2, -0.15) is 0 Å². The normalized spacial score (nSPS) is 15.9. The van der Waals surface area contributed by atoms with Crippen molar-refractivity contribution in [2.24, 2.45) is 5.92 Å². The molecular weight excluding hydrogens is 370 g/mol. The van der Waals surface area contributed by atoms with Gasteiger partial charge in [0.05, 0.1) is 5.69 Å². The van der Waals surface area contributed by atoms with E-state index in [9.17, 15) is 19.2 Å². The van der Waals surface area contributed by atoms with Gasteiger partial charge in [0, 0.05) is 22.7 Å². The lowest BCUT2D eigenvalue weighted by atomic mass is 9.89. The van der Waals surface area contributed by atoms with Crippen molar-refractivity contribution in [3.63, 3.8) is 0 Å². The number of carbonyl (C=O) groups excluding carboxylic acids is 4. The average molecular weight is 386 g/mol. The molecule has 2 aromatic rings. The minimum Gasteiger partial charge on any atom is -0.311 e. The van der Waals surface area contributed by atoms with Gasteiger partial charge in [0.1, 0.15) is 0 Å². The van der Waals surface area contributed by atoms with Gasteiger partial charge in [-0.25, -0.2) is 0 Å². The van der Waals surface area contributed by atoms with E-state index in [2.05, 4.69) is 10.9 Å². The van der Waals surface area contributed by atoms with Crippen LogP contribution in [0.5, 0.6) is 0 Å². The van der Waals surface area contributed by atoms with Crippen LogP contribution in [0.3, 0.4) is 0 Å². The third kappa shape index (κ3) is 3.54. The molecule has 1 aliphatic rings. The number of halogens is 1. The van der Waals surface area contributed by atoms with Crippen molar-refractivity contribution >= 4 is 40.8 Å². The minimum absolute atomic E-state index is 0.227. The number of hydrogen-bond donors (Lipinski definition) is 2. The molecule has 0 fully saturated rings. The van der Waals surface area contributed by atoms with Crippen molar-refractivity contribution in [3.8, 4) is 0 Å². The molecule has 1 atom stereocenters. The molecule has 27 heavy (non-hydrogen) atoms. The van der Waals surface area contributed by atoms with E-state index in [-0.39, 0.29) is 5.56 Å². The number of para-hydroxylation sites is 1. The zero-order chi connectivity index (χ0) is 19.6. The standard InChI is InChI=1S/C19H16ClN3O4/c1-2-23-14-9-4-3-8-13(14)16(24)15(19(23)27)18(26)22-21-17(25)11-6-5-7-12(20)10-11/h3-10,15H,2H2,1H3,(H,21,25)(H,22,26). The van der Waals surface area contributed by atoms with Crippen LogP contribution in [0.2, 0.25) is 5.02 Å². The van der Waals surface area contributed by atoms with E-state index in [1.165, 1.54) is 17.0 Å². The van der Waals surface area contributed by atoms with Crippen LogP contribution in [0.4, 0.5) is 5.69 Å². The summed E-state index contributed by atoms with van der Waals surface area (Å²) in [5, 5.41) is 0.363. The second kappa shape index (κ2) is 7.59.